The second-order valence-electron chi connectivity index (χ2n) is 9.10. The van der Waals surface area contributed by atoms with Crippen molar-refractivity contribution in [3.8, 4) is 0 Å². The highest BCUT2D eigenvalue weighted by Gasteiger charge is 2.36. The summed E-state index contributed by atoms with van der Waals surface area (Å²) in [5, 5.41) is 0. The van der Waals surface area contributed by atoms with Crippen LogP contribution in [0, 0.1) is 11.7 Å². The van der Waals surface area contributed by atoms with Crippen LogP contribution in [0.4, 0.5) is 4.39 Å². The van der Waals surface area contributed by atoms with Crippen molar-refractivity contribution in [3.63, 3.8) is 0 Å². The number of carbonyl (C=O) groups excluding carboxylic acids is 1. The van der Waals surface area contributed by atoms with Crippen LogP contribution in [0.1, 0.15) is 67.2 Å². The van der Waals surface area contributed by atoms with E-state index in [1.807, 2.05) is 11.0 Å². The zero-order valence-electron chi connectivity index (χ0n) is 17.8. The molecule has 1 saturated heterocycles. The van der Waals surface area contributed by atoms with Crippen LogP contribution in [0.5, 0.6) is 0 Å². The van der Waals surface area contributed by atoms with E-state index in [-0.39, 0.29) is 29.2 Å². The Kier molecular flexibility index (Phi) is 5.61. The summed E-state index contributed by atoms with van der Waals surface area (Å²) in [6, 6.07) is 6.64. The molecule has 0 bridgehead atoms. The minimum Gasteiger partial charge on any atom is -0.332 e. The number of fused-ring (bicyclic) bond motifs is 1. The smallest absolute Gasteiger partial charge is 0.255 e. The fourth-order valence-corrected chi connectivity index (χ4v) is 5.38. The Labute approximate surface area is 181 Å². The van der Waals surface area contributed by atoms with Gasteiger partial charge in [-0.1, -0.05) is 31.0 Å². The number of H-pyrrole nitrogens is 1. The molecule has 1 unspecified atom stereocenters. The van der Waals surface area contributed by atoms with E-state index in [2.05, 4.69) is 9.88 Å². The normalized spacial score (nSPS) is 22.1. The maximum atomic E-state index is 14.0. The van der Waals surface area contributed by atoms with Crippen LogP contribution in [0.15, 0.2) is 29.1 Å². The largest absolute Gasteiger partial charge is 0.332 e. The Morgan fingerprint density at radius 3 is 2.74 bits per heavy atom. The number of hydrogen-bond donors (Lipinski definition) is 1. The zero-order chi connectivity index (χ0) is 21.4. The lowest BCUT2D eigenvalue weighted by molar-refractivity contribution is -0.136. The first-order valence-corrected chi connectivity index (χ1v) is 11.5. The van der Waals surface area contributed by atoms with Gasteiger partial charge in [-0.25, -0.2) is 9.37 Å². The van der Waals surface area contributed by atoms with Crippen molar-refractivity contribution in [3.05, 3.63) is 63.1 Å². The molecule has 7 heteroatoms. The Morgan fingerprint density at radius 1 is 1.13 bits per heavy atom. The fourth-order valence-electron chi connectivity index (χ4n) is 5.38. The molecule has 5 rings (SSSR count). The third-order valence-corrected chi connectivity index (χ3v) is 7.07. The number of nitrogens with one attached hydrogen (secondary N) is 1. The SMILES string of the molecule is O=C(C1CCCC1)N1CCCC1c1nc2c(c(=O)[nH]1)CN(Cc1ccccc1F)CC2. The molecule has 0 spiro atoms. The molecule has 2 aromatic rings. The molecule has 3 aliphatic rings. The quantitative estimate of drug-likeness (QED) is 0.818. The molecule has 2 aliphatic heterocycles. The summed E-state index contributed by atoms with van der Waals surface area (Å²) in [4.78, 5) is 37.8. The molecule has 6 nitrogen and oxygen atoms in total. The summed E-state index contributed by atoms with van der Waals surface area (Å²) in [6.45, 7) is 2.41. The Hall–Kier alpha value is -2.54. The predicted octanol–water partition coefficient (Wildman–Crippen LogP) is 3.32. The number of amides is 1. The number of nitrogens with zero attached hydrogens (tertiary/aromatic N) is 3. The lowest BCUT2D eigenvalue weighted by atomic mass is 10.0. The van der Waals surface area contributed by atoms with Crippen molar-refractivity contribution in [2.24, 2.45) is 5.92 Å². The molecule has 0 radical (unpaired) electrons. The van der Waals surface area contributed by atoms with Gasteiger partial charge in [-0.15, -0.1) is 0 Å². The Morgan fingerprint density at radius 2 is 1.94 bits per heavy atom. The van der Waals surface area contributed by atoms with Crippen molar-refractivity contribution in [1.29, 1.82) is 0 Å². The number of aromatic amines is 1. The van der Waals surface area contributed by atoms with Crippen LogP contribution >= 0.6 is 0 Å². The van der Waals surface area contributed by atoms with Gasteiger partial charge in [-0.2, -0.15) is 0 Å². The van der Waals surface area contributed by atoms with Crippen molar-refractivity contribution in [2.45, 2.75) is 64.1 Å². The first-order chi connectivity index (χ1) is 15.1. The Balaban J connectivity index is 1.34. The van der Waals surface area contributed by atoms with Gasteiger partial charge in [-0.05, 0) is 31.7 Å². The summed E-state index contributed by atoms with van der Waals surface area (Å²) in [6.07, 6.45) is 6.67. The van der Waals surface area contributed by atoms with Crippen LogP contribution < -0.4 is 5.56 Å². The second-order valence-corrected chi connectivity index (χ2v) is 9.10. The number of rotatable bonds is 4. The number of halogens is 1. The molecular weight excluding hydrogens is 395 g/mol. The number of carbonyl (C=O) groups is 1. The molecule has 164 valence electrons. The van der Waals surface area contributed by atoms with Crippen LogP contribution in [-0.4, -0.2) is 38.8 Å². The summed E-state index contributed by atoms with van der Waals surface area (Å²) >= 11 is 0. The van der Waals surface area contributed by atoms with Crippen LogP contribution in [0.2, 0.25) is 0 Å². The summed E-state index contributed by atoms with van der Waals surface area (Å²) in [7, 11) is 0. The third-order valence-electron chi connectivity index (χ3n) is 7.07. The van der Waals surface area contributed by atoms with Gasteiger partial charge < -0.3 is 9.88 Å². The second kappa shape index (κ2) is 8.54. The zero-order valence-corrected chi connectivity index (χ0v) is 17.8. The molecule has 31 heavy (non-hydrogen) atoms. The highest BCUT2D eigenvalue weighted by Crippen LogP contribution is 2.35. The average molecular weight is 425 g/mol. The van der Waals surface area contributed by atoms with Crippen LogP contribution in [-0.2, 0) is 24.3 Å². The monoisotopic (exact) mass is 424 g/mol. The van der Waals surface area contributed by atoms with Gasteiger partial charge in [0.25, 0.3) is 5.56 Å². The summed E-state index contributed by atoms with van der Waals surface area (Å²) in [5.41, 5.74) is 2.00. The van der Waals surface area contributed by atoms with Gasteiger partial charge in [0.05, 0.1) is 17.3 Å². The summed E-state index contributed by atoms with van der Waals surface area (Å²) < 4.78 is 14.0. The molecule has 1 N–H and O–H groups in total. The molecule has 1 aromatic heterocycles. The van der Waals surface area contributed by atoms with E-state index in [9.17, 15) is 14.0 Å². The van der Waals surface area contributed by atoms with Gasteiger partial charge in [-0.3, -0.25) is 14.5 Å². The van der Waals surface area contributed by atoms with E-state index < -0.39 is 0 Å². The lowest BCUT2D eigenvalue weighted by Gasteiger charge is -2.30. The minimum absolute atomic E-state index is 0.123. The maximum absolute atomic E-state index is 14.0. The maximum Gasteiger partial charge on any atom is 0.255 e. The lowest BCUT2D eigenvalue weighted by Crippen LogP contribution is -2.39. The first kappa shape index (κ1) is 20.4. The minimum atomic E-state index is -0.219. The average Bonchev–Trinajstić information content (AvgIpc) is 3.48. The molecule has 1 amide bonds. The van der Waals surface area contributed by atoms with Crippen LogP contribution in [0.3, 0.4) is 0 Å². The number of likely N-dealkylation sites (tertiary alicyclic amines) is 1. The highest BCUT2D eigenvalue weighted by molar-refractivity contribution is 5.79. The topological polar surface area (TPSA) is 69.3 Å². The first-order valence-electron chi connectivity index (χ1n) is 11.5. The van der Waals surface area contributed by atoms with Gasteiger partial charge in [0.2, 0.25) is 5.91 Å². The van der Waals surface area contributed by atoms with Crippen molar-refractivity contribution >= 4 is 5.91 Å². The third kappa shape index (κ3) is 4.03. The molecule has 3 heterocycles. The van der Waals surface area contributed by atoms with Crippen molar-refractivity contribution in [2.75, 3.05) is 13.1 Å². The molecule has 2 fully saturated rings. The molecule has 1 atom stereocenters. The standard InChI is InChI=1S/C24H29FN4O2/c25-19-9-4-3-8-17(19)14-28-13-11-20-18(15-28)23(30)27-22(26-20)21-10-5-12-29(21)24(31)16-6-1-2-7-16/h3-4,8-9,16,21H,1-2,5-7,10-15H2,(H,26,27,30). The summed E-state index contributed by atoms with van der Waals surface area (Å²) in [5.74, 6) is 0.785. The van der Waals surface area contributed by atoms with Crippen LogP contribution in [0.25, 0.3) is 0 Å². The number of hydrogen-bond acceptors (Lipinski definition) is 4. The van der Waals surface area contributed by atoms with E-state index in [1.165, 1.54) is 6.07 Å². The van der Waals surface area contributed by atoms with E-state index in [0.717, 1.165) is 57.3 Å². The molecule has 1 aliphatic carbocycles. The number of aromatic nitrogens is 2. The van der Waals surface area contributed by atoms with Crippen molar-refractivity contribution < 1.29 is 9.18 Å². The van der Waals surface area contributed by atoms with Gasteiger partial charge >= 0.3 is 0 Å². The number of benzene rings is 1. The highest BCUT2D eigenvalue weighted by atomic mass is 19.1. The van der Waals surface area contributed by atoms with Gasteiger partial charge in [0, 0.05) is 44.1 Å². The van der Waals surface area contributed by atoms with E-state index >= 15 is 0 Å². The predicted molar refractivity (Wildman–Crippen MR) is 115 cm³/mol. The van der Waals surface area contributed by atoms with Gasteiger partial charge in [0.15, 0.2) is 0 Å². The van der Waals surface area contributed by atoms with E-state index in [0.29, 0.717) is 36.5 Å². The molecular formula is C24H29FN4O2. The van der Waals surface area contributed by atoms with Gasteiger partial charge in [0.1, 0.15) is 11.6 Å². The van der Waals surface area contributed by atoms with Crippen molar-refractivity contribution in [1.82, 2.24) is 19.8 Å². The molecule has 1 aromatic carbocycles. The van der Waals surface area contributed by atoms with E-state index in [1.54, 1.807) is 12.1 Å². The fraction of sp³-hybridized carbons (Fsp3) is 0.542. The molecule has 1 saturated carbocycles. The Bertz CT molecular complexity index is 1030. The van der Waals surface area contributed by atoms with E-state index in [4.69, 9.17) is 4.98 Å².